The van der Waals surface area contributed by atoms with Gasteiger partial charge in [0.25, 0.3) is 5.56 Å². The Morgan fingerprint density at radius 3 is 2.52 bits per heavy atom. The van der Waals surface area contributed by atoms with Gasteiger partial charge in [0.15, 0.2) is 0 Å². The molecule has 1 aromatic carbocycles. The van der Waals surface area contributed by atoms with Gasteiger partial charge in [0.1, 0.15) is 24.3 Å². The van der Waals surface area contributed by atoms with Gasteiger partial charge >= 0.3 is 0 Å². The predicted molar refractivity (Wildman–Crippen MR) is 123 cm³/mol. The number of carbonyl (C=O) groups excluding carboxylic acids is 1. The lowest BCUT2D eigenvalue weighted by Crippen LogP contribution is -2.38. The van der Waals surface area contributed by atoms with E-state index in [9.17, 15) is 9.59 Å². The van der Waals surface area contributed by atoms with Crippen molar-refractivity contribution in [1.29, 1.82) is 0 Å². The third-order valence-electron chi connectivity index (χ3n) is 5.72. The number of hydrogen-bond donors (Lipinski definition) is 2. The number of anilines is 2. The molecule has 10 nitrogen and oxygen atoms in total. The normalized spacial score (nSPS) is 14.2. The molecular formula is C23H22N8O2. The van der Waals surface area contributed by atoms with E-state index in [1.54, 1.807) is 24.9 Å². The lowest BCUT2D eigenvalue weighted by atomic mass is 9.95. The molecule has 1 amide bonds. The summed E-state index contributed by atoms with van der Waals surface area (Å²) in [6.45, 7) is 1.49. The highest BCUT2D eigenvalue weighted by Crippen LogP contribution is 2.25. The van der Waals surface area contributed by atoms with Crippen molar-refractivity contribution in [3.8, 4) is 17.1 Å². The lowest BCUT2D eigenvalue weighted by molar-refractivity contribution is -0.120. The number of aromatic amines is 1. The number of imidazole rings is 1. The number of amides is 1. The van der Waals surface area contributed by atoms with E-state index in [1.165, 1.54) is 6.07 Å². The molecule has 10 heteroatoms. The number of nitrogens with zero attached hydrogens (tertiary/aromatic N) is 6. The molecule has 4 heterocycles. The average Bonchev–Trinajstić information content (AvgIpc) is 3.41. The van der Waals surface area contributed by atoms with Crippen molar-refractivity contribution in [3.63, 3.8) is 0 Å². The number of aromatic nitrogens is 6. The number of nitrogens with one attached hydrogen (secondary N) is 2. The second-order valence-electron chi connectivity index (χ2n) is 7.84. The predicted octanol–water partition coefficient (Wildman–Crippen LogP) is 2.27. The molecule has 2 N–H and O–H groups in total. The highest BCUT2D eigenvalue weighted by Gasteiger charge is 2.26. The fourth-order valence-corrected chi connectivity index (χ4v) is 3.89. The van der Waals surface area contributed by atoms with Crippen LogP contribution >= 0.6 is 0 Å². The first kappa shape index (κ1) is 20.6. The van der Waals surface area contributed by atoms with Crippen LogP contribution in [-0.2, 0) is 4.79 Å². The summed E-state index contributed by atoms with van der Waals surface area (Å²) in [5, 5.41) is 9.45. The van der Waals surface area contributed by atoms with Crippen molar-refractivity contribution >= 4 is 17.4 Å². The van der Waals surface area contributed by atoms with Crippen LogP contribution in [0.2, 0.25) is 0 Å². The maximum Gasteiger partial charge on any atom is 0.264 e. The number of rotatable bonds is 5. The zero-order valence-corrected chi connectivity index (χ0v) is 17.8. The van der Waals surface area contributed by atoms with E-state index in [4.69, 9.17) is 0 Å². The fraction of sp³-hybridized carbons (Fsp3) is 0.217. The van der Waals surface area contributed by atoms with Gasteiger partial charge in [0.05, 0.1) is 5.69 Å². The minimum Gasteiger partial charge on any atom is -0.356 e. The van der Waals surface area contributed by atoms with Gasteiger partial charge in [-0.25, -0.2) is 20.1 Å². The Balaban J connectivity index is 1.18. The third-order valence-corrected chi connectivity index (χ3v) is 5.72. The molecule has 1 saturated heterocycles. The fourth-order valence-electron chi connectivity index (χ4n) is 3.89. The van der Waals surface area contributed by atoms with Gasteiger partial charge in [0, 0.05) is 54.8 Å². The monoisotopic (exact) mass is 442 g/mol. The van der Waals surface area contributed by atoms with Crippen molar-refractivity contribution in [1.82, 2.24) is 29.7 Å². The van der Waals surface area contributed by atoms with E-state index in [-0.39, 0.29) is 17.4 Å². The van der Waals surface area contributed by atoms with Gasteiger partial charge in [0.2, 0.25) is 5.91 Å². The molecule has 1 fully saturated rings. The molecule has 3 aromatic heterocycles. The number of piperidine rings is 1. The zero-order valence-electron chi connectivity index (χ0n) is 17.8. The Kier molecular flexibility index (Phi) is 5.62. The van der Waals surface area contributed by atoms with Gasteiger partial charge in [-0.05, 0) is 31.0 Å². The molecule has 1 aliphatic heterocycles. The molecule has 1 aliphatic rings. The maximum absolute atomic E-state index is 12.8. The minimum atomic E-state index is -0.243. The van der Waals surface area contributed by atoms with E-state index >= 15 is 0 Å². The topological polar surface area (TPSA) is 122 Å². The zero-order chi connectivity index (χ0) is 22.6. The number of H-pyrrole nitrogens is 1. The summed E-state index contributed by atoms with van der Waals surface area (Å²) in [6, 6.07) is 12.4. The smallest absolute Gasteiger partial charge is 0.264 e. The average molecular weight is 442 g/mol. The number of carbonyl (C=O) groups is 1. The molecule has 0 aliphatic carbocycles. The van der Waals surface area contributed by atoms with E-state index in [2.05, 4.69) is 35.4 Å². The van der Waals surface area contributed by atoms with Gasteiger partial charge in [-0.3, -0.25) is 14.2 Å². The van der Waals surface area contributed by atoms with Crippen LogP contribution in [0.4, 0.5) is 11.5 Å². The minimum absolute atomic E-state index is 0.0198. The number of benzene rings is 1. The first-order valence-electron chi connectivity index (χ1n) is 10.7. The number of hydrogen-bond acceptors (Lipinski definition) is 7. The summed E-state index contributed by atoms with van der Waals surface area (Å²) in [5.41, 5.74) is 2.02. The standard InChI is InChI=1S/C23H22N8O2/c32-22-6-5-19(28-29-22)16-1-3-18(4-2-16)27-23(33)17-7-10-30(11-8-17)20-13-21(26-14-25-20)31-12-9-24-15-31/h1-6,9,12-15,17H,7-8,10-11H2,(H,27,33)(H,29,32). The second kappa shape index (κ2) is 9.03. The largest absolute Gasteiger partial charge is 0.356 e. The van der Waals surface area contributed by atoms with Crippen LogP contribution in [0.1, 0.15) is 12.8 Å². The highest BCUT2D eigenvalue weighted by molar-refractivity contribution is 5.93. The summed E-state index contributed by atoms with van der Waals surface area (Å²) in [4.78, 5) is 38.9. The van der Waals surface area contributed by atoms with Crippen molar-refractivity contribution in [2.45, 2.75) is 12.8 Å². The van der Waals surface area contributed by atoms with Gasteiger partial charge < -0.3 is 10.2 Å². The van der Waals surface area contributed by atoms with Crippen LogP contribution < -0.4 is 15.8 Å². The Hall–Kier alpha value is -4.34. The molecule has 33 heavy (non-hydrogen) atoms. The first-order valence-corrected chi connectivity index (χ1v) is 10.7. The third kappa shape index (κ3) is 4.64. The molecule has 0 saturated carbocycles. The summed E-state index contributed by atoms with van der Waals surface area (Å²) in [5.74, 6) is 1.57. The van der Waals surface area contributed by atoms with Crippen LogP contribution in [0.5, 0.6) is 0 Å². The van der Waals surface area contributed by atoms with Crippen LogP contribution in [0, 0.1) is 5.92 Å². The highest BCUT2D eigenvalue weighted by atomic mass is 16.2. The Bertz CT molecular complexity index is 1270. The summed E-state index contributed by atoms with van der Waals surface area (Å²) < 4.78 is 1.84. The van der Waals surface area contributed by atoms with E-state index in [0.717, 1.165) is 48.8 Å². The van der Waals surface area contributed by atoms with Crippen LogP contribution in [-0.4, -0.2) is 48.7 Å². The molecule has 5 rings (SSSR count). The Labute approximate surface area is 189 Å². The SMILES string of the molecule is O=C(Nc1ccc(-c2ccc(=O)[nH]n2)cc1)C1CCN(c2cc(-n3ccnc3)ncn2)CC1. The molecule has 0 unspecified atom stereocenters. The Morgan fingerprint density at radius 2 is 1.82 bits per heavy atom. The van der Waals surface area contributed by atoms with Gasteiger partial charge in [-0.15, -0.1) is 0 Å². The molecule has 0 bridgehead atoms. The lowest BCUT2D eigenvalue weighted by Gasteiger charge is -2.32. The van der Waals surface area contributed by atoms with Crippen molar-refractivity contribution in [2.24, 2.45) is 5.92 Å². The van der Waals surface area contributed by atoms with Crippen molar-refractivity contribution < 1.29 is 4.79 Å². The van der Waals surface area contributed by atoms with Crippen molar-refractivity contribution in [2.75, 3.05) is 23.3 Å². The van der Waals surface area contributed by atoms with Crippen LogP contribution in [0.3, 0.4) is 0 Å². The molecule has 4 aromatic rings. The summed E-state index contributed by atoms with van der Waals surface area (Å²) >= 11 is 0. The molecule has 0 atom stereocenters. The van der Waals surface area contributed by atoms with E-state index < -0.39 is 0 Å². The second-order valence-corrected chi connectivity index (χ2v) is 7.84. The van der Waals surface area contributed by atoms with Gasteiger partial charge in [-0.2, -0.15) is 5.10 Å². The van der Waals surface area contributed by atoms with Crippen LogP contribution in [0.25, 0.3) is 17.1 Å². The molecular weight excluding hydrogens is 420 g/mol. The maximum atomic E-state index is 12.8. The van der Waals surface area contributed by atoms with Crippen molar-refractivity contribution in [3.05, 3.63) is 77.9 Å². The molecule has 0 spiro atoms. The van der Waals surface area contributed by atoms with E-state index in [0.29, 0.717) is 5.69 Å². The van der Waals surface area contributed by atoms with Gasteiger partial charge in [-0.1, -0.05) is 12.1 Å². The molecule has 166 valence electrons. The first-order chi connectivity index (χ1) is 16.2. The summed E-state index contributed by atoms with van der Waals surface area (Å²) in [6.07, 6.45) is 8.29. The Morgan fingerprint density at radius 1 is 1.03 bits per heavy atom. The van der Waals surface area contributed by atoms with Crippen LogP contribution in [0.15, 0.2) is 72.3 Å². The quantitative estimate of drug-likeness (QED) is 0.486. The van der Waals surface area contributed by atoms with E-state index in [1.807, 2.05) is 41.1 Å². The summed E-state index contributed by atoms with van der Waals surface area (Å²) in [7, 11) is 0. The molecule has 0 radical (unpaired) electrons.